The average Bonchev–Trinajstić information content (AvgIpc) is 2.85. The number of hydrogen-bond donors (Lipinski definition) is 0. The van der Waals surface area contributed by atoms with E-state index in [-0.39, 0.29) is 34.4 Å². The highest BCUT2D eigenvalue weighted by Gasteiger charge is 2.72. The summed E-state index contributed by atoms with van der Waals surface area (Å²) < 4.78 is 26.7. The van der Waals surface area contributed by atoms with Gasteiger partial charge >= 0.3 is 0 Å². The molecule has 1 spiro atoms. The monoisotopic (exact) mass is 313 g/mol. The quantitative estimate of drug-likeness (QED) is 0.805. The molecule has 3 aliphatic rings. The highest BCUT2D eigenvalue weighted by molar-refractivity contribution is 7.90. The highest BCUT2D eigenvalue weighted by atomic mass is 32.2. The number of hydrogen-bond acceptors (Lipinski definition) is 3. The number of amides is 1. The van der Waals surface area contributed by atoms with Gasteiger partial charge in [0.05, 0.1) is 11.8 Å². The molecule has 4 nitrogen and oxygen atoms in total. The Labute approximate surface area is 128 Å². The summed E-state index contributed by atoms with van der Waals surface area (Å²) in [5.74, 6) is 0.387. The van der Waals surface area contributed by atoms with Crippen LogP contribution >= 0.6 is 0 Å². The molecule has 0 aromatic carbocycles. The zero-order valence-corrected chi connectivity index (χ0v) is 14.4. The van der Waals surface area contributed by atoms with Gasteiger partial charge in [0.2, 0.25) is 15.9 Å². The van der Waals surface area contributed by atoms with Crippen molar-refractivity contribution in [2.75, 3.05) is 5.75 Å². The van der Waals surface area contributed by atoms with Gasteiger partial charge in [0.1, 0.15) is 0 Å². The lowest BCUT2D eigenvalue weighted by molar-refractivity contribution is -0.132. The molecule has 5 heteroatoms. The van der Waals surface area contributed by atoms with Crippen molar-refractivity contribution in [3.63, 3.8) is 0 Å². The molecular weight excluding hydrogens is 286 g/mol. The minimum absolute atomic E-state index is 0.0355. The van der Waals surface area contributed by atoms with E-state index < -0.39 is 10.0 Å². The molecule has 1 aliphatic heterocycles. The number of fused-ring (bicyclic) bond motifs is 1. The van der Waals surface area contributed by atoms with E-state index in [0.717, 1.165) is 32.1 Å². The molecule has 2 bridgehead atoms. The number of nitrogens with zero attached hydrogens (tertiary/aromatic N) is 1. The summed E-state index contributed by atoms with van der Waals surface area (Å²) in [6.45, 7) is 8.32. The van der Waals surface area contributed by atoms with Gasteiger partial charge in [0.15, 0.2) is 0 Å². The van der Waals surface area contributed by atoms with Crippen LogP contribution in [0.25, 0.3) is 0 Å². The summed E-state index contributed by atoms with van der Waals surface area (Å²) in [4.78, 5) is 12.7. The molecule has 1 amide bonds. The lowest BCUT2D eigenvalue weighted by Gasteiger charge is -2.37. The van der Waals surface area contributed by atoms with Crippen LogP contribution in [-0.4, -0.2) is 30.4 Å². The van der Waals surface area contributed by atoms with Crippen LogP contribution in [-0.2, 0) is 14.8 Å². The Kier molecular flexibility index (Phi) is 3.26. The van der Waals surface area contributed by atoms with Crippen LogP contribution in [0.15, 0.2) is 0 Å². The zero-order chi connectivity index (χ0) is 15.6. The third-order valence-corrected chi connectivity index (χ3v) is 8.69. The summed E-state index contributed by atoms with van der Waals surface area (Å²) in [5, 5.41) is 0. The maximum Gasteiger partial charge on any atom is 0.239 e. The molecule has 1 saturated heterocycles. The van der Waals surface area contributed by atoms with Gasteiger partial charge in [-0.15, -0.1) is 0 Å². The van der Waals surface area contributed by atoms with E-state index in [4.69, 9.17) is 0 Å². The van der Waals surface area contributed by atoms with Crippen LogP contribution in [0.5, 0.6) is 0 Å². The Hall–Kier alpha value is -0.580. The zero-order valence-electron chi connectivity index (χ0n) is 13.6. The van der Waals surface area contributed by atoms with Crippen LogP contribution < -0.4 is 0 Å². The van der Waals surface area contributed by atoms with E-state index in [0.29, 0.717) is 5.92 Å². The van der Waals surface area contributed by atoms with Crippen molar-refractivity contribution in [1.29, 1.82) is 0 Å². The fraction of sp³-hybridized carbons (Fsp3) is 0.938. The van der Waals surface area contributed by atoms with E-state index in [9.17, 15) is 13.2 Å². The molecule has 0 aromatic heterocycles. The molecule has 2 aliphatic carbocycles. The van der Waals surface area contributed by atoms with Gasteiger partial charge < -0.3 is 0 Å². The third-order valence-electron chi connectivity index (χ3n) is 6.77. The van der Waals surface area contributed by atoms with E-state index in [1.165, 1.54) is 4.31 Å². The standard InChI is InChI=1S/C16H27NO3S/c1-5-6-11(2)14(18)17-13-9-12-7-8-16(13,15(12,3)4)10-21(17,19)20/h11-13H,5-10H2,1-4H3/t11-,12+,13+,16+/m0/s1. The molecule has 0 unspecified atom stereocenters. The first-order valence-corrected chi connectivity index (χ1v) is 9.84. The molecule has 0 N–H and O–H groups in total. The van der Waals surface area contributed by atoms with E-state index >= 15 is 0 Å². The van der Waals surface area contributed by atoms with Gasteiger partial charge in [-0.1, -0.05) is 34.1 Å². The predicted molar refractivity (Wildman–Crippen MR) is 82.0 cm³/mol. The van der Waals surface area contributed by atoms with Crippen molar-refractivity contribution in [2.45, 2.75) is 65.8 Å². The lowest BCUT2D eigenvalue weighted by atomic mass is 9.69. The first-order chi connectivity index (χ1) is 9.67. The fourth-order valence-electron chi connectivity index (χ4n) is 5.35. The van der Waals surface area contributed by atoms with Crippen LogP contribution in [0.4, 0.5) is 0 Å². The molecule has 3 fully saturated rings. The predicted octanol–water partition coefficient (Wildman–Crippen LogP) is 2.79. The smallest absolute Gasteiger partial charge is 0.239 e. The summed E-state index contributed by atoms with van der Waals surface area (Å²) in [6, 6.07) is -0.0805. The maximum absolute atomic E-state index is 12.7. The van der Waals surface area contributed by atoms with Crippen LogP contribution in [0, 0.1) is 22.7 Å². The minimum Gasteiger partial charge on any atom is -0.273 e. The van der Waals surface area contributed by atoms with Gasteiger partial charge in [-0.3, -0.25) is 4.79 Å². The van der Waals surface area contributed by atoms with Gasteiger partial charge in [-0.05, 0) is 37.0 Å². The average molecular weight is 313 g/mol. The second kappa shape index (κ2) is 4.46. The van der Waals surface area contributed by atoms with Crippen molar-refractivity contribution in [3.05, 3.63) is 0 Å². The Balaban J connectivity index is 1.99. The number of carbonyl (C=O) groups excluding carboxylic acids is 1. The number of sulfonamides is 1. The Bertz CT molecular complexity index is 568. The third kappa shape index (κ3) is 1.79. The number of rotatable bonds is 3. The fourth-order valence-corrected chi connectivity index (χ4v) is 7.98. The van der Waals surface area contributed by atoms with Crippen molar-refractivity contribution < 1.29 is 13.2 Å². The normalized spacial score (nSPS) is 40.3. The Morgan fingerprint density at radius 1 is 1.38 bits per heavy atom. The van der Waals surface area contributed by atoms with E-state index in [2.05, 4.69) is 13.8 Å². The van der Waals surface area contributed by atoms with Crippen molar-refractivity contribution in [3.8, 4) is 0 Å². The van der Waals surface area contributed by atoms with Gasteiger partial charge in [-0.25, -0.2) is 12.7 Å². The molecule has 4 atom stereocenters. The molecule has 21 heavy (non-hydrogen) atoms. The highest BCUT2D eigenvalue weighted by Crippen LogP contribution is 2.70. The van der Waals surface area contributed by atoms with E-state index in [1.807, 2.05) is 13.8 Å². The molecule has 120 valence electrons. The lowest BCUT2D eigenvalue weighted by Crippen LogP contribution is -2.45. The molecule has 0 radical (unpaired) electrons. The minimum atomic E-state index is -3.44. The van der Waals surface area contributed by atoms with Crippen LogP contribution in [0.3, 0.4) is 0 Å². The molecular formula is C16H27NO3S. The molecule has 0 aromatic rings. The van der Waals surface area contributed by atoms with Crippen LogP contribution in [0.1, 0.15) is 59.8 Å². The summed E-state index contributed by atoms with van der Waals surface area (Å²) in [7, 11) is -3.44. The van der Waals surface area contributed by atoms with Crippen LogP contribution in [0.2, 0.25) is 0 Å². The topological polar surface area (TPSA) is 54.5 Å². The largest absolute Gasteiger partial charge is 0.273 e. The first kappa shape index (κ1) is 15.3. The van der Waals surface area contributed by atoms with Crippen molar-refractivity contribution in [1.82, 2.24) is 4.31 Å². The van der Waals surface area contributed by atoms with Gasteiger partial charge in [0, 0.05) is 11.3 Å². The first-order valence-electron chi connectivity index (χ1n) is 8.23. The van der Waals surface area contributed by atoms with Gasteiger partial charge in [-0.2, -0.15) is 0 Å². The summed E-state index contributed by atoms with van der Waals surface area (Å²) in [6.07, 6.45) is 4.62. The molecule has 3 rings (SSSR count). The van der Waals surface area contributed by atoms with Crippen molar-refractivity contribution in [2.24, 2.45) is 22.7 Å². The Morgan fingerprint density at radius 2 is 2.05 bits per heavy atom. The van der Waals surface area contributed by atoms with Gasteiger partial charge in [0.25, 0.3) is 0 Å². The van der Waals surface area contributed by atoms with E-state index in [1.54, 1.807) is 0 Å². The van der Waals surface area contributed by atoms with Crippen molar-refractivity contribution >= 4 is 15.9 Å². The summed E-state index contributed by atoms with van der Waals surface area (Å²) >= 11 is 0. The summed E-state index contributed by atoms with van der Waals surface area (Å²) in [5.41, 5.74) is -0.161. The second-order valence-electron chi connectivity index (χ2n) is 7.94. The Morgan fingerprint density at radius 3 is 2.62 bits per heavy atom. The number of carbonyl (C=O) groups is 1. The SMILES string of the molecule is CCC[C@H](C)C(=O)N1[C@@H]2C[C@H]3CC[C@]2(CS1(=O)=O)C3(C)C. The maximum atomic E-state index is 12.7. The molecule has 2 saturated carbocycles. The molecule has 1 heterocycles. The second-order valence-corrected chi connectivity index (χ2v) is 9.79.